The number of aromatic nitrogens is 3. The largest absolute Gasteiger partial charge is 0.357 e. The molecular weight excluding hydrogens is 483 g/mol. The van der Waals surface area contributed by atoms with Gasteiger partial charge in [-0.15, -0.1) is 0 Å². The second-order valence-corrected chi connectivity index (χ2v) is 8.45. The summed E-state index contributed by atoms with van der Waals surface area (Å²) in [5.74, 6) is 0.854. The van der Waals surface area contributed by atoms with Crippen molar-refractivity contribution in [2.75, 3.05) is 18.0 Å². The zero-order valence-corrected chi connectivity index (χ0v) is 20.3. The molecule has 4 rings (SSSR count). The molecule has 2 aromatic heterocycles. The Labute approximate surface area is 200 Å². The van der Waals surface area contributed by atoms with E-state index >= 15 is 0 Å². The molecule has 0 amide bonds. The fraction of sp³-hybridized carbons (Fsp3) is 0.192. The molecule has 0 atom stereocenters. The van der Waals surface area contributed by atoms with Crippen LogP contribution in [0.15, 0.2) is 63.9 Å². The van der Waals surface area contributed by atoms with E-state index in [0.29, 0.717) is 17.0 Å². The van der Waals surface area contributed by atoms with Gasteiger partial charge < -0.3 is 4.90 Å². The molecule has 0 unspecified atom stereocenters. The third kappa shape index (κ3) is 4.59. The van der Waals surface area contributed by atoms with Crippen LogP contribution in [0, 0.1) is 12.7 Å². The summed E-state index contributed by atoms with van der Waals surface area (Å²) in [5, 5.41) is 0.223. The first-order valence-electron chi connectivity index (χ1n) is 10.8. The van der Waals surface area contributed by atoms with E-state index in [4.69, 9.17) is 4.98 Å². The van der Waals surface area contributed by atoms with Crippen molar-refractivity contribution < 1.29 is 4.39 Å². The van der Waals surface area contributed by atoms with Gasteiger partial charge in [0.2, 0.25) is 0 Å². The molecule has 2 heterocycles. The highest BCUT2D eigenvalue weighted by Crippen LogP contribution is 2.23. The third-order valence-corrected chi connectivity index (χ3v) is 6.22. The van der Waals surface area contributed by atoms with Crippen LogP contribution in [0.5, 0.6) is 0 Å². The van der Waals surface area contributed by atoms with Crippen molar-refractivity contribution in [2.24, 2.45) is 0 Å². The van der Waals surface area contributed by atoms with Gasteiger partial charge in [-0.2, -0.15) is 0 Å². The van der Waals surface area contributed by atoms with E-state index in [0.717, 1.165) is 34.6 Å². The molecule has 0 aliphatic heterocycles. The fourth-order valence-corrected chi connectivity index (χ4v) is 4.19. The highest BCUT2D eigenvalue weighted by Gasteiger charge is 2.14. The van der Waals surface area contributed by atoms with Crippen LogP contribution < -0.4 is 10.5 Å². The minimum atomic E-state index is -0.476. The van der Waals surface area contributed by atoms with Crippen LogP contribution in [0.4, 0.5) is 10.2 Å². The Bertz CT molecular complexity index is 1410. The molecule has 0 saturated carbocycles. The molecular formula is C26H24BrFN4O. The van der Waals surface area contributed by atoms with Crippen LogP contribution in [-0.4, -0.2) is 27.6 Å². The maximum absolute atomic E-state index is 13.9. The highest BCUT2D eigenvalue weighted by molar-refractivity contribution is 9.10. The van der Waals surface area contributed by atoms with Gasteiger partial charge in [-0.05, 0) is 90.8 Å². The zero-order valence-electron chi connectivity index (χ0n) is 18.7. The maximum Gasteiger partial charge on any atom is 0.266 e. The number of nitrogens with zero attached hydrogens (tertiary/aromatic N) is 4. The van der Waals surface area contributed by atoms with Crippen LogP contribution in [0.3, 0.4) is 0 Å². The monoisotopic (exact) mass is 506 g/mol. The first-order valence-corrected chi connectivity index (χ1v) is 11.6. The van der Waals surface area contributed by atoms with Crippen molar-refractivity contribution in [1.82, 2.24) is 14.5 Å². The van der Waals surface area contributed by atoms with Crippen molar-refractivity contribution in [2.45, 2.75) is 20.8 Å². The predicted octanol–water partition coefficient (Wildman–Crippen LogP) is 6.01. The molecule has 0 radical (unpaired) electrons. The Hall–Kier alpha value is -3.32. The summed E-state index contributed by atoms with van der Waals surface area (Å²) in [6, 6.07) is 15.5. The summed E-state index contributed by atoms with van der Waals surface area (Å²) >= 11 is 3.53. The van der Waals surface area contributed by atoms with E-state index < -0.39 is 5.82 Å². The number of anilines is 1. The van der Waals surface area contributed by atoms with Gasteiger partial charge in [0.1, 0.15) is 17.5 Å². The van der Waals surface area contributed by atoms with Gasteiger partial charge in [0.25, 0.3) is 5.56 Å². The Morgan fingerprint density at radius 1 is 1.03 bits per heavy atom. The maximum atomic E-state index is 13.9. The standard InChI is InChI=1S/C26H24BrFN4O/c1-4-31(5-2)24-14-10-17(3)21(29-24)13-15-25-30-22-12-11-18(28)16-19(22)26(33)32(25)23-9-7-6-8-20(23)27/h6-16H,4-5H2,1-3H3. The first kappa shape index (κ1) is 22.9. The number of benzene rings is 2. The summed E-state index contributed by atoms with van der Waals surface area (Å²) in [6.45, 7) is 7.91. The Kier molecular flexibility index (Phi) is 6.70. The lowest BCUT2D eigenvalue weighted by Crippen LogP contribution is -2.23. The van der Waals surface area contributed by atoms with E-state index in [-0.39, 0.29) is 10.9 Å². The van der Waals surface area contributed by atoms with Gasteiger partial charge in [-0.25, -0.2) is 14.4 Å². The number of para-hydroxylation sites is 1. The van der Waals surface area contributed by atoms with E-state index in [9.17, 15) is 9.18 Å². The highest BCUT2D eigenvalue weighted by atomic mass is 79.9. The SMILES string of the molecule is CCN(CC)c1ccc(C)c(C=Cc2nc3ccc(F)cc3c(=O)n2-c2ccccc2Br)n1. The van der Waals surface area contributed by atoms with Crippen LogP contribution in [0.1, 0.15) is 30.9 Å². The van der Waals surface area contributed by atoms with Crippen LogP contribution in [0.2, 0.25) is 0 Å². The number of hydrogen-bond donors (Lipinski definition) is 0. The quantitative estimate of drug-likeness (QED) is 0.321. The molecule has 7 heteroatoms. The third-order valence-electron chi connectivity index (χ3n) is 5.55. The van der Waals surface area contributed by atoms with E-state index in [1.165, 1.54) is 22.8 Å². The van der Waals surface area contributed by atoms with Crippen molar-refractivity contribution in [3.05, 3.63) is 92.3 Å². The fourth-order valence-electron chi connectivity index (χ4n) is 3.73. The normalized spacial score (nSPS) is 11.4. The molecule has 0 bridgehead atoms. The molecule has 0 aliphatic rings. The van der Waals surface area contributed by atoms with Gasteiger partial charge in [-0.3, -0.25) is 9.36 Å². The van der Waals surface area contributed by atoms with Gasteiger partial charge in [0.05, 0.1) is 22.3 Å². The van der Waals surface area contributed by atoms with Crippen LogP contribution in [-0.2, 0) is 0 Å². The number of aryl methyl sites for hydroxylation is 1. The van der Waals surface area contributed by atoms with Crippen molar-refractivity contribution >= 4 is 44.8 Å². The second-order valence-electron chi connectivity index (χ2n) is 7.60. The number of fused-ring (bicyclic) bond motifs is 1. The summed E-state index contributed by atoms with van der Waals surface area (Å²) in [5.41, 5.74) is 2.53. The Balaban J connectivity index is 1.91. The predicted molar refractivity (Wildman–Crippen MR) is 136 cm³/mol. The zero-order chi connectivity index (χ0) is 23.5. The number of halogens is 2. The van der Waals surface area contributed by atoms with E-state index in [2.05, 4.69) is 39.7 Å². The average molecular weight is 507 g/mol. The molecule has 0 N–H and O–H groups in total. The van der Waals surface area contributed by atoms with Crippen molar-refractivity contribution in [3.8, 4) is 5.69 Å². The van der Waals surface area contributed by atoms with Crippen LogP contribution >= 0.6 is 15.9 Å². The lowest BCUT2D eigenvalue weighted by molar-refractivity contribution is 0.629. The number of hydrogen-bond acceptors (Lipinski definition) is 4. The average Bonchev–Trinajstić information content (AvgIpc) is 2.81. The van der Waals surface area contributed by atoms with Crippen LogP contribution in [0.25, 0.3) is 28.7 Å². The summed E-state index contributed by atoms with van der Waals surface area (Å²) in [4.78, 5) is 25.1. The second kappa shape index (κ2) is 9.67. The lowest BCUT2D eigenvalue weighted by Gasteiger charge is -2.20. The molecule has 2 aromatic carbocycles. The van der Waals surface area contributed by atoms with Gasteiger partial charge >= 0.3 is 0 Å². The summed E-state index contributed by atoms with van der Waals surface area (Å²) in [6.07, 6.45) is 3.65. The molecule has 5 nitrogen and oxygen atoms in total. The Morgan fingerprint density at radius 3 is 2.52 bits per heavy atom. The number of rotatable bonds is 6. The molecule has 0 saturated heterocycles. The summed E-state index contributed by atoms with van der Waals surface area (Å²) < 4.78 is 16.1. The number of pyridine rings is 1. The molecule has 33 heavy (non-hydrogen) atoms. The minimum absolute atomic E-state index is 0.223. The molecule has 4 aromatic rings. The molecule has 0 fully saturated rings. The van der Waals surface area contributed by atoms with E-state index in [1.807, 2.05) is 49.4 Å². The smallest absolute Gasteiger partial charge is 0.266 e. The van der Waals surface area contributed by atoms with Gasteiger partial charge in [0, 0.05) is 17.6 Å². The summed E-state index contributed by atoms with van der Waals surface area (Å²) in [7, 11) is 0. The van der Waals surface area contributed by atoms with Gasteiger partial charge in [0.15, 0.2) is 0 Å². The van der Waals surface area contributed by atoms with E-state index in [1.54, 1.807) is 6.08 Å². The molecule has 168 valence electrons. The van der Waals surface area contributed by atoms with Crippen molar-refractivity contribution in [3.63, 3.8) is 0 Å². The molecule has 0 aliphatic carbocycles. The minimum Gasteiger partial charge on any atom is -0.357 e. The lowest BCUT2D eigenvalue weighted by atomic mass is 10.2. The Morgan fingerprint density at radius 2 is 1.79 bits per heavy atom. The molecule has 0 spiro atoms. The topological polar surface area (TPSA) is 51.0 Å². The van der Waals surface area contributed by atoms with Gasteiger partial charge in [-0.1, -0.05) is 18.2 Å². The first-order chi connectivity index (χ1) is 15.9. The van der Waals surface area contributed by atoms with Crippen molar-refractivity contribution in [1.29, 1.82) is 0 Å².